The van der Waals surface area contributed by atoms with Gasteiger partial charge in [-0.25, -0.2) is 0 Å². The van der Waals surface area contributed by atoms with Gasteiger partial charge in [0.25, 0.3) is 6.01 Å². The number of fused-ring (bicyclic) bond motifs is 1. The van der Waals surface area contributed by atoms with E-state index in [1.54, 1.807) is 16.9 Å². The highest BCUT2D eigenvalue weighted by Gasteiger charge is 2.07. The van der Waals surface area contributed by atoms with E-state index in [0.717, 1.165) is 5.56 Å². The van der Waals surface area contributed by atoms with Crippen LogP contribution in [0.3, 0.4) is 0 Å². The van der Waals surface area contributed by atoms with Gasteiger partial charge in [0, 0.05) is 25.4 Å². The Kier molecular flexibility index (Phi) is 2.40. The minimum absolute atomic E-state index is 0.465. The van der Waals surface area contributed by atoms with E-state index in [4.69, 9.17) is 10.2 Å². The largest absolute Gasteiger partial charge is 0.423 e. The van der Waals surface area contributed by atoms with E-state index >= 15 is 0 Å². The number of para-hydroxylation sites is 1. The Morgan fingerprint density at radius 2 is 2.33 bits per heavy atom. The van der Waals surface area contributed by atoms with Gasteiger partial charge in [0.05, 0.1) is 11.9 Å². The summed E-state index contributed by atoms with van der Waals surface area (Å²) in [5.41, 5.74) is 8.87. The average molecular weight is 243 g/mol. The molecule has 6 nitrogen and oxygen atoms in total. The van der Waals surface area contributed by atoms with Crippen molar-refractivity contribution in [3.05, 3.63) is 36.2 Å². The van der Waals surface area contributed by atoms with Crippen LogP contribution in [0.5, 0.6) is 0 Å². The van der Waals surface area contributed by atoms with Crippen LogP contribution in [-0.4, -0.2) is 14.8 Å². The highest BCUT2D eigenvalue weighted by molar-refractivity contribution is 5.86. The maximum absolute atomic E-state index is 5.82. The first-order valence-electron chi connectivity index (χ1n) is 5.59. The predicted octanol–water partition coefficient (Wildman–Crippen LogP) is 1.76. The molecular formula is C12H13N5O. The van der Waals surface area contributed by atoms with E-state index in [-0.39, 0.29) is 0 Å². The fourth-order valence-corrected chi connectivity index (χ4v) is 1.79. The molecule has 6 heteroatoms. The minimum Gasteiger partial charge on any atom is -0.423 e. The van der Waals surface area contributed by atoms with Crippen molar-refractivity contribution in [1.82, 2.24) is 14.8 Å². The quantitative estimate of drug-likeness (QED) is 0.685. The van der Waals surface area contributed by atoms with Crippen molar-refractivity contribution in [2.45, 2.75) is 6.54 Å². The second-order valence-corrected chi connectivity index (χ2v) is 4.09. The molecule has 0 unspecified atom stereocenters. The van der Waals surface area contributed by atoms with Gasteiger partial charge in [-0.15, -0.1) is 0 Å². The zero-order valence-corrected chi connectivity index (χ0v) is 9.92. The zero-order chi connectivity index (χ0) is 12.5. The minimum atomic E-state index is 0.465. The van der Waals surface area contributed by atoms with Crippen LogP contribution in [0, 0.1) is 0 Å². The summed E-state index contributed by atoms with van der Waals surface area (Å²) < 4.78 is 7.30. The average Bonchev–Trinajstić information content (AvgIpc) is 2.93. The Morgan fingerprint density at radius 1 is 1.44 bits per heavy atom. The Labute approximate surface area is 103 Å². The van der Waals surface area contributed by atoms with Crippen molar-refractivity contribution in [3.63, 3.8) is 0 Å². The summed E-state index contributed by atoms with van der Waals surface area (Å²) in [5.74, 6) is 0. The maximum atomic E-state index is 5.82. The molecule has 1 aromatic carbocycles. The smallest absolute Gasteiger partial charge is 0.296 e. The number of nitrogens with one attached hydrogen (secondary N) is 1. The normalized spacial score (nSPS) is 10.9. The van der Waals surface area contributed by atoms with E-state index in [2.05, 4.69) is 15.4 Å². The van der Waals surface area contributed by atoms with Crippen molar-refractivity contribution in [2.75, 3.05) is 11.1 Å². The van der Waals surface area contributed by atoms with Crippen LogP contribution in [0.4, 0.5) is 11.7 Å². The van der Waals surface area contributed by atoms with Gasteiger partial charge in [-0.05, 0) is 12.1 Å². The molecule has 2 heterocycles. The molecule has 18 heavy (non-hydrogen) atoms. The summed E-state index contributed by atoms with van der Waals surface area (Å²) in [6.45, 7) is 0.612. The fourth-order valence-electron chi connectivity index (χ4n) is 1.79. The molecule has 0 radical (unpaired) electrons. The van der Waals surface area contributed by atoms with Crippen LogP contribution in [0.25, 0.3) is 11.1 Å². The molecule has 92 valence electrons. The number of hydrogen-bond acceptors (Lipinski definition) is 5. The van der Waals surface area contributed by atoms with Crippen molar-refractivity contribution < 1.29 is 4.42 Å². The van der Waals surface area contributed by atoms with Crippen LogP contribution in [0.2, 0.25) is 0 Å². The molecule has 0 saturated carbocycles. The first-order chi connectivity index (χ1) is 8.72. The lowest BCUT2D eigenvalue weighted by atomic mass is 10.3. The lowest BCUT2D eigenvalue weighted by molar-refractivity contribution is 0.614. The molecule has 0 aliphatic rings. The monoisotopic (exact) mass is 243 g/mol. The molecule has 3 N–H and O–H groups in total. The molecule has 2 aromatic heterocycles. The Bertz CT molecular complexity index is 685. The van der Waals surface area contributed by atoms with Gasteiger partial charge in [-0.1, -0.05) is 6.07 Å². The van der Waals surface area contributed by atoms with E-state index < -0.39 is 0 Å². The van der Waals surface area contributed by atoms with Crippen LogP contribution in [-0.2, 0) is 13.6 Å². The number of anilines is 2. The number of nitrogen functional groups attached to an aromatic ring is 1. The van der Waals surface area contributed by atoms with Crippen molar-refractivity contribution in [2.24, 2.45) is 7.05 Å². The van der Waals surface area contributed by atoms with Crippen LogP contribution in [0.15, 0.2) is 35.0 Å². The summed E-state index contributed by atoms with van der Waals surface area (Å²) in [7, 11) is 1.88. The van der Waals surface area contributed by atoms with Gasteiger partial charge in [0.1, 0.15) is 5.52 Å². The van der Waals surface area contributed by atoms with Crippen LogP contribution in [0.1, 0.15) is 5.56 Å². The SMILES string of the molecule is Cn1cc(CNc2nc3c(N)cccc3o2)cn1. The number of rotatable bonds is 3. The number of aromatic nitrogens is 3. The Balaban J connectivity index is 1.81. The third kappa shape index (κ3) is 1.88. The highest BCUT2D eigenvalue weighted by atomic mass is 16.4. The van der Waals surface area contributed by atoms with Gasteiger partial charge < -0.3 is 15.5 Å². The molecule has 3 rings (SSSR count). The topological polar surface area (TPSA) is 81.9 Å². The summed E-state index contributed by atoms with van der Waals surface area (Å²) in [6.07, 6.45) is 3.73. The molecule has 0 aliphatic heterocycles. The van der Waals surface area contributed by atoms with Gasteiger partial charge in [0.2, 0.25) is 0 Å². The van der Waals surface area contributed by atoms with E-state index in [1.165, 1.54) is 0 Å². The molecule has 0 atom stereocenters. The maximum Gasteiger partial charge on any atom is 0.296 e. The molecular weight excluding hydrogens is 230 g/mol. The van der Waals surface area contributed by atoms with E-state index in [0.29, 0.717) is 29.3 Å². The Hall–Kier alpha value is -2.50. The first kappa shape index (κ1) is 10.6. The molecule has 0 aliphatic carbocycles. The second-order valence-electron chi connectivity index (χ2n) is 4.09. The number of benzene rings is 1. The van der Waals surface area contributed by atoms with E-state index in [9.17, 15) is 0 Å². The molecule has 0 fully saturated rings. The van der Waals surface area contributed by atoms with Gasteiger partial charge in [0.15, 0.2) is 5.58 Å². The van der Waals surface area contributed by atoms with Gasteiger partial charge in [-0.3, -0.25) is 4.68 Å². The number of nitrogens with zero attached hydrogens (tertiary/aromatic N) is 3. The number of aryl methyl sites for hydroxylation is 1. The molecule has 3 aromatic rings. The first-order valence-corrected chi connectivity index (χ1v) is 5.59. The number of nitrogens with two attached hydrogens (primary N) is 1. The summed E-state index contributed by atoms with van der Waals surface area (Å²) in [5, 5.41) is 7.20. The fraction of sp³-hybridized carbons (Fsp3) is 0.167. The molecule has 0 amide bonds. The molecule has 0 spiro atoms. The lowest BCUT2D eigenvalue weighted by Gasteiger charge is -1.96. The van der Waals surface area contributed by atoms with E-state index in [1.807, 2.05) is 25.4 Å². The summed E-state index contributed by atoms with van der Waals surface area (Å²) in [4.78, 5) is 4.30. The standard InChI is InChI=1S/C12H13N5O/c1-17-7-8(6-15-17)5-14-12-16-11-9(13)3-2-4-10(11)18-12/h2-4,6-7H,5,13H2,1H3,(H,14,16). The third-order valence-electron chi connectivity index (χ3n) is 2.65. The van der Waals surface area contributed by atoms with Gasteiger partial charge in [-0.2, -0.15) is 10.1 Å². The number of hydrogen-bond donors (Lipinski definition) is 2. The number of oxazole rings is 1. The zero-order valence-electron chi connectivity index (χ0n) is 9.92. The van der Waals surface area contributed by atoms with Crippen molar-refractivity contribution in [1.29, 1.82) is 0 Å². The molecule has 0 bridgehead atoms. The molecule has 0 saturated heterocycles. The second kappa shape index (κ2) is 4.06. The van der Waals surface area contributed by atoms with Crippen molar-refractivity contribution >= 4 is 22.8 Å². The Morgan fingerprint density at radius 3 is 3.06 bits per heavy atom. The summed E-state index contributed by atoms with van der Waals surface area (Å²) in [6, 6.07) is 5.95. The predicted molar refractivity (Wildman–Crippen MR) is 69.0 cm³/mol. The van der Waals surface area contributed by atoms with Crippen LogP contribution < -0.4 is 11.1 Å². The lowest BCUT2D eigenvalue weighted by Crippen LogP contribution is -1.98. The van der Waals surface area contributed by atoms with Gasteiger partial charge >= 0.3 is 0 Å². The third-order valence-corrected chi connectivity index (χ3v) is 2.65. The summed E-state index contributed by atoms with van der Waals surface area (Å²) >= 11 is 0. The highest BCUT2D eigenvalue weighted by Crippen LogP contribution is 2.23. The van der Waals surface area contributed by atoms with Crippen molar-refractivity contribution in [3.8, 4) is 0 Å². The van der Waals surface area contributed by atoms with Crippen LogP contribution >= 0.6 is 0 Å².